The van der Waals surface area contributed by atoms with Crippen LogP contribution >= 0.6 is 0 Å². The lowest BCUT2D eigenvalue weighted by Crippen LogP contribution is -2.37. The molecule has 144 valence electrons. The fraction of sp³-hybridized carbons (Fsp3) is 0.350. The fourth-order valence-electron chi connectivity index (χ4n) is 3.36. The number of nitrogens with one attached hydrogen (secondary N) is 1. The molecule has 0 aliphatic carbocycles. The zero-order chi connectivity index (χ0) is 19.3. The number of nitrogens with zero attached hydrogens (tertiary/aromatic N) is 6. The maximum atomic E-state index is 12.3. The van der Waals surface area contributed by atoms with Crippen LogP contribution in [0.2, 0.25) is 0 Å². The largest absolute Gasteiger partial charge is 0.352 e. The highest BCUT2D eigenvalue weighted by atomic mass is 16.1. The van der Waals surface area contributed by atoms with Crippen LogP contribution in [0.25, 0.3) is 11.3 Å². The Balaban J connectivity index is 1.32. The van der Waals surface area contributed by atoms with Gasteiger partial charge < -0.3 is 10.2 Å². The first-order valence-corrected chi connectivity index (χ1v) is 9.43. The minimum atomic E-state index is 0.0579. The smallest absolute Gasteiger partial charge is 0.225 e. The molecule has 1 fully saturated rings. The summed E-state index contributed by atoms with van der Waals surface area (Å²) in [5, 5.41) is 7.32. The average molecular weight is 377 g/mol. The number of hydrogen-bond acceptors (Lipinski definition) is 6. The third-order valence-electron chi connectivity index (χ3n) is 4.81. The monoisotopic (exact) mass is 377 g/mol. The van der Waals surface area contributed by atoms with Gasteiger partial charge in [-0.3, -0.25) is 14.5 Å². The number of pyridine rings is 1. The normalized spacial score (nSPS) is 16.3. The lowest BCUT2D eigenvalue weighted by Gasteiger charge is -2.17. The molecule has 1 saturated heterocycles. The summed E-state index contributed by atoms with van der Waals surface area (Å²) in [5.41, 5.74) is 2.75. The molecular weight excluding hydrogens is 354 g/mol. The summed E-state index contributed by atoms with van der Waals surface area (Å²) in [4.78, 5) is 27.7. The van der Waals surface area contributed by atoms with E-state index in [2.05, 4.69) is 30.3 Å². The van der Waals surface area contributed by atoms with Gasteiger partial charge in [-0.1, -0.05) is 6.07 Å². The predicted octanol–water partition coefficient (Wildman–Crippen LogP) is 1.60. The van der Waals surface area contributed by atoms with E-state index in [1.54, 1.807) is 23.3 Å². The SMILES string of the molecule is Cn1cc(-c2ccnc(N3CCC(NC(=O)CCc4ccccn4)C3)n2)cn1. The molecule has 1 unspecified atom stereocenters. The van der Waals surface area contributed by atoms with Gasteiger partial charge in [0.15, 0.2) is 0 Å². The van der Waals surface area contributed by atoms with Gasteiger partial charge in [-0.15, -0.1) is 0 Å². The van der Waals surface area contributed by atoms with Crippen LogP contribution in [-0.4, -0.2) is 49.8 Å². The zero-order valence-corrected chi connectivity index (χ0v) is 15.8. The topological polar surface area (TPSA) is 88.8 Å². The quantitative estimate of drug-likeness (QED) is 0.702. The summed E-state index contributed by atoms with van der Waals surface area (Å²) in [5.74, 6) is 0.745. The number of carbonyl (C=O) groups excluding carboxylic acids is 1. The van der Waals surface area contributed by atoms with E-state index >= 15 is 0 Å². The Morgan fingerprint density at radius 3 is 2.96 bits per heavy atom. The van der Waals surface area contributed by atoms with E-state index in [4.69, 9.17) is 0 Å². The Bertz CT molecular complexity index is 940. The minimum absolute atomic E-state index is 0.0579. The summed E-state index contributed by atoms with van der Waals surface area (Å²) < 4.78 is 1.75. The molecule has 8 nitrogen and oxygen atoms in total. The molecule has 0 bridgehead atoms. The maximum Gasteiger partial charge on any atom is 0.225 e. The van der Waals surface area contributed by atoms with Gasteiger partial charge in [-0.2, -0.15) is 5.10 Å². The molecule has 0 aromatic carbocycles. The third kappa shape index (κ3) is 4.33. The Morgan fingerprint density at radius 1 is 1.25 bits per heavy atom. The molecular formula is C20H23N7O. The van der Waals surface area contributed by atoms with Gasteiger partial charge in [0.05, 0.1) is 11.9 Å². The van der Waals surface area contributed by atoms with Crippen LogP contribution < -0.4 is 10.2 Å². The van der Waals surface area contributed by atoms with Gasteiger partial charge in [-0.25, -0.2) is 9.97 Å². The van der Waals surface area contributed by atoms with Gasteiger partial charge in [0.1, 0.15) is 0 Å². The number of carbonyl (C=O) groups is 1. The third-order valence-corrected chi connectivity index (χ3v) is 4.81. The maximum absolute atomic E-state index is 12.3. The van der Waals surface area contributed by atoms with E-state index in [9.17, 15) is 4.79 Å². The molecule has 1 amide bonds. The van der Waals surface area contributed by atoms with Crippen molar-refractivity contribution in [2.45, 2.75) is 25.3 Å². The van der Waals surface area contributed by atoms with Crippen molar-refractivity contribution in [2.75, 3.05) is 18.0 Å². The number of amides is 1. The Labute approximate surface area is 163 Å². The number of hydrogen-bond donors (Lipinski definition) is 1. The van der Waals surface area contributed by atoms with Gasteiger partial charge in [0.25, 0.3) is 0 Å². The van der Waals surface area contributed by atoms with Crippen LogP contribution in [0.1, 0.15) is 18.5 Å². The van der Waals surface area contributed by atoms with Crippen molar-refractivity contribution in [2.24, 2.45) is 7.05 Å². The molecule has 0 saturated carbocycles. The van der Waals surface area contributed by atoms with Crippen LogP contribution in [0.5, 0.6) is 0 Å². The summed E-state index contributed by atoms with van der Waals surface area (Å²) in [6.07, 6.45) is 9.22. The molecule has 1 aliphatic rings. The van der Waals surface area contributed by atoms with Crippen molar-refractivity contribution in [1.82, 2.24) is 30.0 Å². The van der Waals surface area contributed by atoms with Crippen molar-refractivity contribution in [3.05, 3.63) is 54.7 Å². The highest BCUT2D eigenvalue weighted by Gasteiger charge is 2.25. The summed E-state index contributed by atoms with van der Waals surface area (Å²) in [7, 11) is 1.88. The van der Waals surface area contributed by atoms with Crippen molar-refractivity contribution >= 4 is 11.9 Å². The highest BCUT2D eigenvalue weighted by Crippen LogP contribution is 2.21. The van der Waals surface area contributed by atoms with E-state index in [0.29, 0.717) is 25.3 Å². The fourth-order valence-corrected chi connectivity index (χ4v) is 3.36. The molecule has 3 aromatic rings. The van der Waals surface area contributed by atoms with Crippen molar-refractivity contribution in [3.63, 3.8) is 0 Å². The van der Waals surface area contributed by atoms with Gasteiger partial charge in [0, 0.05) is 62.4 Å². The number of rotatable bonds is 6. The minimum Gasteiger partial charge on any atom is -0.352 e. The molecule has 1 aliphatic heterocycles. The molecule has 4 heterocycles. The first-order valence-electron chi connectivity index (χ1n) is 9.43. The first-order chi connectivity index (χ1) is 13.7. The number of aromatic nitrogens is 5. The van der Waals surface area contributed by atoms with Crippen molar-refractivity contribution in [1.29, 1.82) is 0 Å². The van der Waals surface area contributed by atoms with Gasteiger partial charge in [0.2, 0.25) is 11.9 Å². The van der Waals surface area contributed by atoms with Gasteiger partial charge in [-0.05, 0) is 31.0 Å². The average Bonchev–Trinajstić information content (AvgIpc) is 3.36. The molecule has 28 heavy (non-hydrogen) atoms. The van der Waals surface area contributed by atoms with Crippen LogP contribution in [-0.2, 0) is 18.3 Å². The molecule has 1 N–H and O–H groups in total. The van der Waals surface area contributed by atoms with Crippen molar-refractivity contribution in [3.8, 4) is 11.3 Å². The lowest BCUT2D eigenvalue weighted by atomic mass is 10.2. The Kier molecular flexibility index (Phi) is 5.27. The predicted molar refractivity (Wildman–Crippen MR) is 106 cm³/mol. The zero-order valence-electron chi connectivity index (χ0n) is 15.8. The van der Waals surface area contributed by atoms with E-state index in [1.807, 2.05) is 37.5 Å². The second-order valence-corrected chi connectivity index (χ2v) is 6.96. The van der Waals surface area contributed by atoms with Gasteiger partial charge >= 0.3 is 0 Å². The van der Waals surface area contributed by atoms with Crippen LogP contribution in [0.3, 0.4) is 0 Å². The Hall–Kier alpha value is -3.29. The summed E-state index contributed by atoms with van der Waals surface area (Å²) >= 11 is 0. The van der Waals surface area contributed by atoms with Crippen LogP contribution in [0, 0.1) is 0 Å². The molecule has 0 spiro atoms. The van der Waals surface area contributed by atoms with Crippen molar-refractivity contribution < 1.29 is 4.79 Å². The van der Waals surface area contributed by atoms with E-state index in [1.165, 1.54) is 0 Å². The molecule has 3 aromatic heterocycles. The Morgan fingerprint density at radius 2 is 2.18 bits per heavy atom. The second-order valence-electron chi connectivity index (χ2n) is 6.96. The number of aryl methyl sites for hydroxylation is 2. The van der Waals surface area contributed by atoms with Crippen LogP contribution in [0.15, 0.2) is 49.1 Å². The van der Waals surface area contributed by atoms with E-state index < -0.39 is 0 Å². The highest BCUT2D eigenvalue weighted by molar-refractivity contribution is 5.76. The lowest BCUT2D eigenvalue weighted by molar-refractivity contribution is -0.121. The standard InChI is InChI=1S/C20H23N7O/c1-26-13-15(12-23-26)18-7-10-22-20(25-18)27-11-8-17(14-27)24-19(28)6-5-16-4-2-3-9-21-16/h2-4,7,9-10,12-13,17H,5-6,8,11,14H2,1H3,(H,24,28). The molecule has 0 radical (unpaired) electrons. The van der Waals surface area contributed by atoms with Crippen LogP contribution in [0.4, 0.5) is 5.95 Å². The van der Waals surface area contributed by atoms with E-state index in [0.717, 1.165) is 29.9 Å². The number of anilines is 1. The molecule has 1 atom stereocenters. The summed E-state index contributed by atoms with van der Waals surface area (Å²) in [6.45, 7) is 1.54. The second kappa shape index (κ2) is 8.16. The molecule has 4 rings (SSSR count). The first kappa shape index (κ1) is 18.1. The van der Waals surface area contributed by atoms with E-state index in [-0.39, 0.29) is 11.9 Å². The molecule has 8 heteroatoms. The summed E-state index contributed by atoms with van der Waals surface area (Å²) in [6, 6.07) is 7.75.